The number of hydrogen-bond donors (Lipinski definition) is 2. The monoisotopic (exact) mass is 160 g/mol. The van der Waals surface area contributed by atoms with E-state index < -0.39 is 0 Å². The molecule has 60 valence electrons. The lowest BCUT2D eigenvalue weighted by molar-refractivity contribution is 0.542. The smallest absolute Gasteiger partial charge is 0.0297 e. The zero-order valence-corrected chi connectivity index (χ0v) is 7.29. The van der Waals surface area contributed by atoms with Gasteiger partial charge in [-0.15, -0.1) is 0 Å². The van der Waals surface area contributed by atoms with E-state index in [1.54, 1.807) is 0 Å². The molecule has 0 aliphatic carbocycles. The summed E-state index contributed by atoms with van der Waals surface area (Å²) in [5.41, 5.74) is 5.76. The van der Waals surface area contributed by atoms with Crippen molar-refractivity contribution in [1.82, 2.24) is 5.32 Å². The van der Waals surface area contributed by atoms with Gasteiger partial charge in [-0.2, -0.15) is 11.8 Å². The molecule has 0 aromatic carbocycles. The van der Waals surface area contributed by atoms with Gasteiger partial charge >= 0.3 is 0 Å². The Morgan fingerprint density at radius 3 is 2.80 bits per heavy atom. The number of nitrogens with two attached hydrogens (primary N) is 1. The average Bonchev–Trinajstić information content (AvgIpc) is 1.84. The normalized spacial score (nSPS) is 22.2. The maximum atomic E-state index is 5.76. The van der Waals surface area contributed by atoms with E-state index in [2.05, 4.69) is 12.2 Å². The second kappa shape index (κ2) is 4.21. The zero-order chi connectivity index (χ0) is 7.40. The molecule has 1 aliphatic heterocycles. The van der Waals surface area contributed by atoms with E-state index in [0.29, 0.717) is 6.04 Å². The molecule has 1 saturated heterocycles. The molecule has 1 fully saturated rings. The summed E-state index contributed by atoms with van der Waals surface area (Å²) in [5, 5.41) is 4.09. The van der Waals surface area contributed by atoms with E-state index in [0.717, 1.165) is 17.4 Å². The van der Waals surface area contributed by atoms with Crippen LogP contribution in [0.1, 0.15) is 13.3 Å². The van der Waals surface area contributed by atoms with Crippen LogP contribution in [0.3, 0.4) is 0 Å². The molecule has 0 amide bonds. The van der Waals surface area contributed by atoms with Crippen LogP contribution >= 0.6 is 11.8 Å². The molecule has 3 heteroatoms. The van der Waals surface area contributed by atoms with Gasteiger partial charge in [-0.3, -0.25) is 0 Å². The highest BCUT2D eigenvalue weighted by Gasteiger charge is 2.17. The van der Waals surface area contributed by atoms with Crippen LogP contribution in [0.5, 0.6) is 0 Å². The Hall–Kier alpha value is 0.270. The Bertz CT molecular complexity index is 88.9. The first-order chi connectivity index (χ1) is 4.83. The Balaban J connectivity index is 1.93. The van der Waals surface area contributed by atoms with Crippen LogP contribution in [0.15, 0.2) is 0 Å². The summed E-state index contributed by atoms with van der Waals surface area (Å²) in [6, 6.07) is 0.408. The highest BCUT2D eigenvalue weighted by molar-refractivity contribution is 8.00. The molecule has 10 heavy (non-hydrogen) atoms. The molecule has 1 heterocycles. The Morgan fingerprint density at radius 1 is 1.70 bits per heavy atom. The van der Waals surface area contributed by atoms with Crippen molar-refractivity contribution in [2.75, 3.05) is 18.8 Å². The van der Waals surface area contributed by atoms with Gasteiger partial charge in [0.25, 0.3) is 0 Å². The highest BCUT2D eigenvalue weighted by atomic mass is 32.2. The van der Waals surface area contributed by atoms with E-state index in [9.17, 15) is 0 Å². The first-order valence-corrected chi connectivity index (χ1v) is 4.95. The number of thioether (sulfide) groups is 1. The van der Waals surface area contributed by atoms with Crippen LogP contribution in [-0.2, 0) is 0 Å². The van der Waals surface area contributed by atoms with Crippen LogP contribution in [0, 0.1) is 0 Å². The van der Waals surface area contributed by atoms with Gasteiger partial charge in [-0.05, 0) is 6.42 Å². The predicted octanol–water partition coefficient (Wildman–Crippen LogP) is 0.429. The van der Waals surface area contributed by atoms with Gasteiger partial charge in [-0.1, -0.05) is 6.92 Å². The highest BCUT2D eigenvalue weighted by Crippen LogP contribution is 2.15. The summed E-state index contributed by atoms with van der Waals surface area (Å²) in [6.07, 6.45) is 1.10. The van der Waals surface area contributed by atoms with Crippen LogP contribution in [0.25, 0.3) is 0 Å². The summed E-state index contributed by atoms with van der Waals surface area (Å²) < 4.78 is 0. The number of nitrogens with one attached hydrogen (secondary N) is 1. The molecule has 0 spiro atoms. The quantitative estimate of drug-likeness (QED) is 0.626. The first kappa shape index (κ1) is 8.37. The molecular formula is C7H16N2S. The fraction of sp³-hybridized carbons (Fsp3) is 1.00. The molecule has 1 unspecified atom stereocenters. The summed E-state index contributed by atoms with van der Waals surface area (Å²) in [6.45, 7) is 4.51. The Morgan fingerprint density at radius 2 is 2.40 bits per heavy atom. The summed E-state index contributed by atoms with van der Waals surface area (Å²) in [5.74, 6) is 1.13. The van der Waals surface area contributed by atoms with Crippen molar-refractivity contribution in [1.29, 1.82) is 0 Å². The SMILES string of the molecule is CCC(N)CSC1CNC1. The van der Waals surface area contributed by atoms with Gasteiger partial charge in [0.05, 0.1) is 0 Å². The zero-order valence-electron chi connectivity index (χ0n) is 6.47. The molecule has 0 saturated carbocycles. The van der Waals surface area contributed by atoms with Gasteiger partial charge in [0, 0.05) is 30.1 Å². The van der Waals surface area contributed by atoms with Gasteiger partial charge in [0.1, 0.15) is 0 Å². The van der Waals surface area contributed by atoms with Crippen molar-refractivity contribution in [3.05, 3.63) is 0 Å². The molecule has 3 N–H and O–H groups in total. The molecule has 0 radical (unpaired) electrons. The molecule has 0 aromatic heterocycles. The Labute approximate surface area is 66.9 Å². The fourth-order valence-corrected chi connectivity index (χ4v) is 1.98. The molecule has 0 bridgehead atoms. The minimum absolute atomic E-state index is 0.408. The van der Waals surface area contributed by atoms with Crippen molar-refractivity contribution in [3.8, 4) is 0 Å². The topological polar surface area (TPSA) is 38.0 Å². The minimum atomic E-state index is 0.408. The van der Waals surface area contributed by atoms with Crippen molar-refractivity contribution in [3.63, 3.8) is 0 Å². The lowest BCUT2D eigenvalue weighted by Gasteiger charge is -2.27. The van der Waals surface area contributed by atoms with E-state index in [1.165, 1.54) is 13.1 Å². The van der Waals surface area contributed by atoms with Crippen LogP contribution < -0.4 is 11.1 Å². The maximum absolute atomic E-state index is 5.76. The molecule has 1 atom stereocenters. The average molecular weight is 160 g/mol. The molecule has 0 aromatic rings. The lowest BCUT2D eigenvalue weighted by atomic mass is 10.3. The van der Waals surface area contributed by atoms with E-state index >= 15 is 0 Å². The van der Waals surface area contributed by atoms with E-state index in [1.807, 2.05) is 11.8 Å². The van der Waals surface area contributed by atoms with Gasteiger partial charge in [0.15, 0.2) is 0 Å². The first-order valence-electron chi connectivity index (χ1n) is 3.90. The summed E-state index contributed by atoms with van der Waals surface area (Å²) in [7, 11) is 0. The molecule has 1 rings (SSSR count). The predicted molar refractivity (Wildman–Crippen MR) is 47.4 cm³/mol. The third-order valence-electron chi connectivity index (χ3n) is 1.81. The standard InChI is InChI=1S/C7H16N2S/c1-2-6(8)5-10-7-3-9-4-7/h6-7,9H,2-5,8H2,1H3. The van der Waals surface area contributed by atoms with Crippen LogP contribution in [0.2, 0.25) is 0 Å². The largest absolute Gasteiger partial charge is 0.327 e. The van der Waals surface area contributed by atoms with Crippen LogP contribution in [-0.4, -0.2) is 30.1 Å². The van der Waals surface area contributed by atoms with Gasteiger partial charge in [-0.25, -0.2) is 0 Å². The third kappa shape index (κ3) is 2.48. The second-order valence-electron chi connectivity index (χ2n) is 2.78. The minimum Gasteiger partial charge on any atom is -0.327 e. The number of rotatable bonds is 4. The van der Waals surface area contributed by atoms with Crippen LogP contribution in [0.4, 0.5) is 0 Å². The summed E-state index contributed by atoms with van der Waals surface area (Å²) >= 11 is 2.01. The van der Waals surface area contributed by atoms with Crippen molar-refractivity contribution in [2.24, 2.45) is 5.73 Å². The number of hydrogen-bond acceptors (Lipinski definition) is 3. The molecule has 1 aliphatic rings. The van der Waals surface area contributed by atoms with Gasteiger partial charge in [0.2, 0.25) is 0 Å². The van der Waals surface area contributed by atoms with Crippen molar-refractivity contribution < 1.29 is 0 Å². The van der Waals surface area contributed by atoms with E-state index in [-0.39, 0.29) is 0 Å². The molecular weight excluding hydrogens is 144 g/mol. The molecule has 2 nitrogen and oxygen atoms in total. The van der Waals surface area contributed by atoms with E-state index in [4.69, 9.17) is 5.73 Å². The third-order valence-corrected chi connectivity index (χ3v) is 3.24. The van der Waals surface area contributed by atoms with Gasteiger partial charge < -0.3 is 11.1 Å². The Kier molecular flexibility index (Phi) is 3.52. The van der Waals surface area contributed by atoms with Crippen molar-refractivity contribution >= 4 is 11.8 Å². The fourth-order valence-electron chi connectivity index (χ4n) is 0.758. The lowest BCUT2D eigenvalue weighted by Crippen LogP contribution is -2.45. The second-order valence-corrected chi connectivity index (χ2v) is 4.12. The maximum Gasteiger partial charge on any atom is 0.0297 e. The van der Waals surface area contributed by atoms with Crippen molar-refractivity contribution in [2.45, 2.75) is 24.6 Å². The summed E-state index contributed by atoms with van der Waals surface area (Å²) in [4.78, 5) is 0.